The second kappa shape index (κ2) is 14.0. The molecule has 0 aromatic heterocycles. The lowest BCUT2D eigenvalue weighted by Crippen LogP contribution is -2.57. The third-order valence-corrected chi connectivity index (χ3v) is 9.64. The van der Waals surface area contributed by atoms with Crippen molar-refractivity contribution in [3.63, 3.8) is 0 Å². The molecule has 0 bridgehead atoms. The van der Waals surface area contributed by atoms with E-state index >= 15 is 0 Å². The molecule has 240 valence electrons. The Labute approximate surface area is 251 Å². The largest absolute Gasteiger partial charge is 0.458 e. The number of fused-ring (bicyclic) bond motifs is 1. The smallest absolute Gasteiger partial charge is 0.408 e. The van der Waals surface area contributed by atoms with E-state index in [9.17, 15) is 14.4 Å². The Morgan fingerprint density at radius 1 is 1.02 bits per heavy atom. The molecule has 3 saturated heterocycles. The number of carbonyl (C=O) groups excluding carboxylic acids is 3. The minimum absolute atomic E-state index is 0.00853. The maximum Gasteiger partial charge on any atom is 0.408 e. The van der Waals surface area contributed by atoms with Crippen LogP contribution in [0.4, 0.5) is 4.79 Å². The van der Waals surface area contributed by atoms with Crippen molar-refractivity contribution in [2.45, 2.75) is 123 Å². The van der Waals surface area contributed by atoms with E-state index in [2.05, 4.69) is 43.3 Å². The van der Waals surface area contributed by atoms with E-state index in [-0.39, 0.29) is 35.7 Å². The first-order valence-electron chi connectivity index (χ1n) is 15.5. The summed E-state index contributed by atoms with van der Waals surface area (Å²) in [4.78, 5) is 47.3. The number of esters is 1. The highest BCUT2D eigenvalue weighted by Crippen LogP contribution is 2.38. The fourth-order valence-corrected chi connectivity index (χ4v) is 7.18. The fraction of sp³-hybridized carbons (Fsp3) is 0.871. The van der Waals surface area contributed by atoms with Crippen molar-refractivity contribution in [3.8, 4) is 0 Å². The van der Waals surface area contributed by atoms with Crippen LogP contribution in [0, 0.1) is 29.6 Å². The van der Waals surface area contributed by atoms with Gasteiger partial charge in [-0.3, -0.25) is 9.59 Å². The molecule has 3 fully saturated rings. The van der Waals surface area contributed by atoms with Gasteiger partial charge < -0.3 is 34.0 Å². The molecule has 0 aromatic carbocycles. The summed E-state index contributed by atoms with van der Waals surface area (Å²) in [5.41, 5.74) is -0.436. The van der Waals surface area contributed by atoms with Crippen LogP contribution in [0.15, 0.2) is 5.16 Å². The van der Waals surface area contributed by atoms with E-state index in [0.717, 1.165) is 12.1 Å². The zero-order chi connectivity index (χ0) is 31.5. The van der Waals surface area contributed by atoms with E-state index in [1.807, 2.05) is 27.7 Å². The number of oxime groups is 1. The van der Waals surface area contributed by atoms with Crippen LogP contribution >= 0.6 is 0 Å². The summed E-state index contributed by atoms with van der Waals surface area (Å²) >= 11 is 0. The molecule has 12 atom stereocenters. The molecule has 0 saturated carbocycles. The van der Waals surface area contributed by atoms with Crippen LogP contribution in [0.3, 0.4) is 0 Å². The van der Waals surface area contributed by atoms with Gasteiger partial charge in [0.1, 0.15) is 19.1 Å². The van der Waals surface area contributed by atoms with Gasteiger partial charge in [0.15, 0.2) is 17.7 Å². The Balaban J connectivity index is 2.03. The lowest BCUT2D eigenvalue weighted by molar-refractivity contribution is -0.236. The molecule has 3 aliphatic heterocycles. The molecular formula is C31H53N3O8. The van der Waals surface area contributed by atoms with Crippen LogP contribution in [0.5, 0.6) is 0 Å². The summed E-state index contributed by atoms with van der Waals surface area (Å²) in [5.74, 6) is -3.04. The number of ether oxygens (including phenoxy) is 4. The summed E-state index contributed by atoms with van der Waals surface area (Å²) in [7, 11) is 5.60. The highest BCUT2D eigenvalue weighted by molar-refractivity contribution is 6.00. The molecule has 11 nitrogen and oxygen atoms in total. The van der Waals surface area contributed by atoms with Crippen molar-refractivity contribution >= 4 is 23.6 Å². The summed E-state index contributed by atoms with van der Waals surface area (Å²) in [6, 6.07) is -0.258. The van der Waals surface area contributed by atoms with Crippen molar-refractivity contribution in [1.82, 2.24) is 10.2 Å². The van der Waals surface area contributed by atoms with Crippen LogP contribution in [0.2, 0.25) is 0 Å². The fourth-order valence-electron chi connectivity index (χ4n) is 7.18. The highest BCUT2D eigenvalue weighted by atomic mass is 16.7. The topological polar surface area (TPSA) is 125 Å². The number of carbonyl (C=O) groups is 3. The third-order valence-electron chi connectivity index (χ3n) is 9.64. The van der Waals surface area contributed by atoms with Crippen molar-refractivity contribution in [3.05, 3.63) is 0 Å². The van der Waals surface area contributed by atoms with E-state index < -0.39 is 54.0 Å². The van der Waals surface area contributed by atoms with Crippen LogP contribution in [0.1, 0.15) is 81.1 Å². The standard InChI is InChI=1S/C31H53N3O8/c1-12-23-31(8)28(32-30(37)42-31)19(5)25(33-38-11)16(2)13-17(3)27(20(6)26(35)21(7)29(36)40-23)41-24-15-22(34(9)10)14-18(4)39-24/h16-24,27-28H,12-15H2,1-11H3,(H,32,37)/b33-25+/t16-,17+,18-,19+,20+,21-,22+,23-,24?,27+,28-,31-/m1/s1. The molecule has 0 radical (unpaired) electrons. The van der Waals surface area contributed by atoms with Gasteiger partial charge in [-0.05, 0) is 66.0 Å². The lowest BCUT2D eigenvalue weighted by Gasteiger charge is -2.42. The number of Topliss-reactive ketones (excluding diaryl/α,β-unsaturated/α-hetero) is 1. The van der Waals surface area contributed by atoms with Gasteiger partial charge in [-0.25, -0.2) is 4.79 Å². The molecule has 0 spiro atoms. The molecule has 0 aromatic rings. The normalized spacial score (nSPS) is 43.3. The molecule has 1 unspecified atom stereocenters. The molecule has 0 aliphatic carbocycles. The average Bonchev–Trinajstić information content (AvgIpc) is 3.24. The monoisotopic (exact) mass is 595 g/mol. The minimum Gasteiger partial charge on any atom is -0.458 e. The van der Waals surface area contributed by atoms with E-state index in [4.69, 9.17) is 23.8 Å². The van der Waals surface area contributed by atoms with Gasteiger partial charge >= 0.3 is 12.1 Å². The summed E-state index contributed by atoms with van der Waals surface area (Å²) in [5, 5.41) is 7.35. The van der Waals surface area contributed by atoms with Gasteiger partial charge in [0.2, 0.25) is 0 Å². The van der Waals surface area contributed by atoms with Crippen molar-refractivity contribution in [1.29, 1.82) is 0 Å². The van der Waals surface area contributed by atoms with Crippen LogP contribution in [-0.4, -0.2) is 91.9 Å². The SMILES string of the molecule is CC[C@H]1OC(=O)[C@H](C)C(=O)[C@H](C)[C@@H](OC2C[C@@H](N(C)C)C[C@@H](C)O2)[C@@H](C)C[C@@H](C)/C(=N\OC)[C@H](C)[C@H]2NC(=O)O[C@@]21C. The Hall–Kier alpha value is -2.24. The summed E-state index contributed by atoms with van der Waals surface area (Å²) in [6.07, 6.45) is 0.229. The van der Waals surface area contributed by atoms with Gasteiger partial charge in [0, 0.05) is 24.3 Å². The maximum absolute atomic E-state index is 13.8. The Morgan fingerprint density at radius 3 is 2.29 bits per heavy atom. The summed E-state index contributed by atoms with van der Waals surface area (Å²) in [6.45, 7) is 15.2. The zero-order valence-electron chi connectivity index (χ0n) is 27.3. The predicted molar refractivity (Wildman–Crippen MR) is 158 cm³/mol. The second-order valence-electron chi connectivity index (χ2n) is 13.1. The van der Waals surface area contributed by atoms with Gasteiger partial charge in [-0.1, -0.05) is 39.8 Å². The number of hydrogen-bond acceptors (Lipinski definition) is 10. The van der Waals surface area contributed by atoms with Crippen LogP contribution in [0.25, 0.3) is 0 Å². The Bertz CT molecular complexity index is 1000. The highest BCUT2D eigenvalue weighted by Gasteiger charge is 2.56. The van der Waals surface area contributed by atoms with Gasteiger partial charge in [-0.15, -0.1) is 0 Å². The molecule has 3 rings (SSSR count). The van der Waals surface area contributed by atoms with Crippen molar-refractivity contribution in [2.24, 2.45) is 34.7 Å². The first kappa shape index (κ1) is 34.3. The number of rotatable bonds is 5. The van der Waals surface area contributed by atoms with Crippen molar-refractivity contribution < 1.29 is 38.2 Å². The Morgan fingerprint density at radius 2 is 1.69 bits per heavy atom. The molecule has 1 amide bonds. The molecule has 3 heterocycles. The number of amides is 1. The number of alkyl carbamates (subject to hydrolysis) is 1. The number of hydrogen-bond donors (Lipinski definition) is 1. The van der Waals surface area contributed by atoms with Crippen LogP contribution < -0.4 is 5.32 Å². The first-order chi connectivity index (χ1) is 19.6. The zero-order valence-corrected chi connectivity index (χ0v) is 27.3. The second-order valence-corrected chi connectivity index (χ2v) is 13.1. The molecule has 1 N–H and O–H groups in total. The molecular weight excluding hydrogens is 542 g/mol. The quantitative estimate of drug-likeness (QED) is 0.283. The van der Waals surface area contributed by atoms with Gasteiger partial charge in [-0.2, -0.15) is 0 Å². The maximum atomic E-state index is 13.8. The third kappa shape index (κ3) is 7.27. The van der Waals surface area contributed by atoms with E-state index in [1.54, 1.807) is 13.8 Å². The van der Waals surface area contributed by atoms with E-state index in [1.165, 1.54) is 7.11 Å². The Kier molecular flexibility index (Phi) is 11.4. The first-order valence-corrected chi connectivity index (χ1v) is 15.5. The predicted octanol–water partition coefficient (Wildman–Crippen LogP) is 4.17. The number of cyclic esters (lactones) is 1. The molecule has 42 heavy (non-hydrogen) atoms. The van der Waals surface area contributed by atoms with E-state index in [0.29, 0.717) is 19.3 Å². The van der Waals surface area contributed by atoms with Gasteiger partial charge in [0.25, 0.3) is 0 Å². The van der Waals surface area contributed by atoms with Gasteiger partial charge in [0.05, 0.1) is 24.0 Å². The average molecular weight is 596 g/mol. The molecule has 11 heteroatoms. The summed E-state index contributed by atoms with van der Waals surface area (Å²) < 4.78 is 24.6. The number of ketones is 1. The van der Waals surface area contributed by atoms with Crippen molar-refractivity contribution in [2.75, 3.05) is 21.2 Å². The lowest BCUT2D eigenvalue weighted by atomic mass is 9.74. The van der Waals surface area contributed by atoms with Crippen LogP contribution in [-0.2, 0) is 33.4 Å². The molecule has 3 aliphatic rings. The minimum atomic E-state index is -1.18. The number of nitrogens with one attached hydrogen (secondary N) is 1. The number of nitrogens with zero attached hydrogens (tertiary/aromatic N) is 2.